The molecule has 0 fully saturated rings. The van der Waals surface area contributed by atoms with Crippen molar-refractivity contribution in [1.29, 1.82) is 0 Å². The van der Waals surface area contributed by atoms with E-state index in [2.05, 4.69) is 87.3 Å². The van der Waals surface area contributed by atoms with Gasteiger partial charge in [0.15, 0.2) is 0 Å². The van der Waals surface area contributed by atoms with E-state index < -0.39 is 0 Å². The Bertz CT molecular complexity index is 1770. The molecular formula is C35H25IrN3-2. The Morgan fingerprint density at radius 1 is 0.590 bits per heavy atom. The molecule has 0 atom stereocenters. The molecule has 0 saturated heterocycles. The van der Waals surface area contributed by atoms with Gasteiger partial charge in [-0.15, -0.1) is 65.7 Å². The Morgan fingerprint density at radius 2 is 1.26 bits per heavy atom. The topological polar surface area (TPSA) is 30.7 Å². The third-order valence-electron chi connectivity index (χ3n) is 6.44. The van der Waals surface area contributed by atoms with E-state index >= 15 is 0 Å². The van der Waals surface area contributed by atoms with Crippen LogP contribution in [0.2, 0.25) is 0 Å². The average molecular weight is 680 g/mol. The van der Waals surface area contributed by atoms with Crippen LogP contribution >= 0.6 is 0 Å². The van der Waals surface area contributed by atoms with Gasteiger partial charge < -0.3 is 14.5 Å². The predicted molar refractivity (Wildman–Crippen MR) is 156 cm³/mol. The summed E-state index contributed by atoms with van der Waals surface area (Å²) in [5.74, 6) is 0. The fraction of sp³-hybridized carbons (Fsp3) is 0.0286. The summed E-state index contributed by atoms with van der Waals surface area (Å²) in [6.07, 6.45) is 1.82. The normalized spacial score (nSPS) is 10.5. The van der Waals surface area contributed by atoms with Crippen LogP contribution in [0.4, 0.5) is 0 Å². The van der Waals surface area contributed by atoms with Crippen molar-refractivity contribution in [3.05, 3.63) is 151 Å². The van der Waals surface area contributed by atoms with Crippen LogP contribution in [0.1, 0.15) is 5.69 Å². The van der Waals surface area contributed by atoms with Crippen LogP contribution in [-0.2, 0) is 20.1 Å². The quantitative estimate of drug-likeness (QED) is 0.176. The van der Waals surface area contributed by atoms with Gasteiger partial charge in [0.2, 0.25) is 0 Å². The molecule has 0 unspecified atom stereocenters. The number of nitrogens with zero attached hydrogens (tertiary/aromatic N) is 3. The van der Waals surface area contributed by atoms with Crippen molar-refractivity contribution in [3.8, 4) is 28.2 Å². The van der Waals surface area contributed by atoms with Crippen molar-refractivity contribution >= 4 is 21.8 Å². The predicted octanol–water partition coefficient (Wildman–Crippen LogP) is 8.50. The fourth-order valence-electron chi connectivity index (χ4n) is 4.71. The molecule has 0 aliphatic heterocycles. The molecule has 0 saturated carbocycles. The van der Waals surface area contributed by atoms with E-state index in [-0.39, 0.29) is 20.1 Å². The van der Waals surface area contributed by atoms with Crippen molar-refractivity contribution in [2.24, 2.45) is 0 Å². The molecule has 3 heterocycles. The average Bonchev–Trinajstić information content (AvgIpc) is 3.33. The van der Waals surface area contributed by atoms with Crippen LogP contribution in [0, 0.1) is 19.1 Å². The molecule has 0 aliphatic rings. The molecule has 4 aromatic carbocycles. The zero-order valence-electron chi connectivity index (χ0n) is 21.4. The van der Waals surface area contributed by atoms with Crippen molar-refractivity contribution in [1.82, 2.24) is 14.5 Å². The maximum atomic E-state index is 4.46. The summed E-state index contributed by atoms with van der Waals surface area (Å²) in [4.78, 5) is 8.87. The van der Waals surface area contributed by atoms with Crippen molar-refractivity contribution < 1.29 is 20.1 Å². The zero-order valence-corrected chi connectivity index (χ0v) is 23.8. The Hall–Kier alpha value is -4.37. The minimum atomic E-state index is 0. The van der Waals surface area contributed by atoms with Crippen LogP contribution in [0.15, 0.2) is 134 Å². The van der Waals surface area contributed by atoms with Gasteiger partial charge in [-0.1, -0.05) is 60.7 Å². The van der Waals surface area contributed by atoms with Gasteiger partial charge in [-0.3, -0.25) is 0 Å². The van der Waals surface area contributed by atoms with E-state index in [0.29, 0.717) is 0 Å². The molecule has 3 aromatic heterocycles. The maximum Gasteiger partial charge on any atom is 0.0523 e. The molecule has 7 rings (SSSR count). The first-order valence-electron chi connectivity index (χ1n) is 12.6. The standard InChI is InChI=1S/C23H15N2.C12H10N.Ir/c1-3-13-22-19(10-1)20-11-2-4-14-23(20)25(22)18-9-7-8-17(16-18)21-12-5-6-15-24-21;1-10-6-5-9-12(13-10)11-7-3-2-4-8-11;/h1-7,9-16H;2-7,9H,1H3;/q2*-1;. The number of aryl methyl sites for hydroxylation is 1. The van der Waals surface area contributed by atoms with Crippen LogP contribution in [0.3, 0.4) is 0 Å². The number of hydrogen-bond donors (Lipinski definition) is 0. The minimum Gasteiger partial charge on any atom is -0.327 e. The number of aromatic nitrogens is 3. The number of para-hydroxylation sites is 2. The molecule has 0 aliphatic carbocycles. The Balaban J connectivity index is 0.000000187. The number of pyridine rings is 2. The molecule has 0 N–H and O–H groups in total. The summed E-state index contributed by atoms with van der Waals surface area (Å²) in [7, 11) is 0. The van der Waals surface area contributed by atoms with Crippen LogP contribution in [0.5, 0.6) is 0 Å². The van der Waals surface area contributed by atoms with Crippen LogP contribution in [-0.4, -0.2) is 14.5 Å². The molecule has 0 amide bonds. The van der Waals surface area contributed by atoms with Crippen molar-refractivity contribution in [3.63, 3.8) is 0 Å². The minimum absolute atomic E-state index is 0. The monoisotopic (exact) mass is 680 g/mol. The number of rotatable bonds is 3. The van der Waals surface area contributed by atoms with Gasteiger partial charge in [-0.05, 0) is 48.3 Å². The molecule has 7 aromatic rings. The summed E-state index contributed by atoms with van der Waals surface area (Å²) < 4.78 is 2.31. The van der Waals surface area contributed by atoms with Crippen molar-refractivity contribution in [2.45, 2.75) is 6.92 Å². The Morgan fingerprint density at radius 3 is 1.92 bits per heavy atom. The van der Waals surface area contributed by atoms with Gasteiger partial charge in [0.05, 0.1) is 11.0 Å². The largest absolute Gasteiger partial charge is 0.327 e. The van der Waals surface area contributed by atoms with Crippen molar-refractivity contribution in [2.75, 3.05) is 0 Å². The summed E-state index contributed by atoms with van der Waals surface area (Å²) in [6, 6.07) is 49.6. The van der Waals surface area contributed by atoms with Gasteiger partial charge in [-0.25, -0.2) is 0 Å². The number of fused-ring (bicyclic) bond motifs is 3. The second-order valence-corrected chi connectivity index (χ2v) is 8.99. The molecule has 39 heavy (non-hydrogen) atoms. The maximum absolute atomic E-state index is 4.46. The van der Waals surface area contributed by atoms with Crippen LogP contribution < -0.4 is 0 Å². The number of benzene rings is 4. The van der Waals surface area contributed by atoms with E-state index in [1.807, 2.05) is 79.9 Å². The van der Waals surface area contributed by atoms with E-state index in [4.69, 9.17) is 0 Å². The summed E-state index contributed by atoms with van der Waals surface area (Å²) >= 11 is 0. The Labute approximate surface area is 242 Å². The zero-order chi connectivity index (χ0) is 25.7. The van der Waals surface area contributed by atoms with Gasteiger partial charge in [0.1, 0.15) is 0 Å². The second kappa shape index (κ2) is 12.0. The summed E-state index contributed by atoms with van der Waals surface area (Å²) in [5.41, 5.74) is 8.55. The Kier molecular flexibility index (Phi) is 8.07. The SMILES string of the molecule is Cc1cccc(-c2[c-]cccc2)n1.[Ir].[c-]1ccc(-n2c3ccccc3c3ccccc32)cc1-c1ccccn1. The first-order chi connectivity index (χ1) is 18.8. The smallest absolute Gasteiger partial charge is 0.0523 e. The molecule has 3 nitrogen and oxygen atoms in total. The second-order valence-electron chi connectivity index (χ2n) is 8.99. The van der Waals surface area contributed by atoms with E-state index in [1.165, 1.54) is 21.8 Å². The number of hydrogen-bond acceptors (Lipinski definition) is 2. The molecule has 0 spiro atoms. The van der Waals surface area contributed by atoms with Gasteiger partial charge in [-0.2, -0.15) is 0 Å². The van der Waals surface area contributed by atoms with E-state index in [1.54, 1.807) is 0 Å². The molecule has 191 valence electrons. The van der Waals surface area contributed by atoms with Gasteiger partial charge in [0, 0.05) is 42.8 Å². The molecule has 1 radical (unpaired) electrons. The molecular weight excluding hydrogens is 655 g/mol. The van der Waals surface area contributed by atoms with E-state index in [9.17, 15) is 0 Å². The van der Waals surface area contributed by atoms with Crippen LogP contribution in [0.25, 0.3) is 50.0 Å². The van der Waals surface area contributed by atoms with Gasteiger partial charge in [0.25, 0.3) is 0 Å². The summed E-state index contributed by atoms with van der Waals surface area (Å²) in [5, 5.41) is 2.54. The first-order valence-corrected chi connectivity index (χ1v) is 12.6. The third kappa shape index (κ3) is 5.58. The first kappa shape index (κ1) is 26.2. The summed E-state index contributed by atoms with van der Waals surface area (Å²) in [6.45, 7) is 1.99. The molecule has 4 heteroatoms. The van der Waals surface area contributed by atoms with E-state index in [0.717, 1.165) is 33.9 Å². The molecule has 0 bridgehead atoms. The third-order valence-corrected chi connectivity index (χ3v) is 6.44. The fourth-order valence-corrected chi connectivity index (χ4v) is 4.71. The van der Waals surface area contributed by atoms with Gasteiger partial charge >= 0.3 is 0 Å².